The normalized spacial score (nSPS) is 15.7. The van der Waals surface area contributed by atoms with E-state index in [0.717, 1.165) is 12.8 Å². The number of nitriles is 1. The summed E-state index contributed by atoms with van der Waals surface area (Å²) in [6.07, 6.45) is 6.09. The molecule has 0 spiro atoms. The van der Waals surface area contributed by atoms with Crippen molar-refractivity contribution in [3.05, 3.63) is 28.8 Å². The number of nitrogens with one attached hydrogen (secondary N) is 1. The van der Waals surface area contributed by atoms with Crippen LogP contribution in [-0.2, 0) is 4.79 Å². The molecule has 0 radical (unpaired) electrons. The topological polar surface area (TPSA) is 56.1 Å². The zero-order chi connectivity index (χ0) is 15.2. The second-order valence-electron chi connectivity index (χ2n) is 5.56. The maximum atomic E-state index is 12.1. The number of carbonyl (C=O) groups is 1. The Kier molecular flexibility index (Phi) is 5.60. The largest absolute Gasteiger partial charge is 0.324 e. The molecule has 1 aromatic rings. The predicted octanol–water partition coefficient (Wildman–Crippen LogP) is 3.41. The summed E-state index contributed by atoms with van der Waals surface area (Å²) in [6, 6.07) is 7.41. The molecule has 5 heteroatoms. The van der Waals surface area contributed by atoms with Crippen molar-refractivity contribution in [1.29, 1.82) is 5.26 Å². The fourth-order valence-electron chi connectivity index (χ4n) is 2.78. The Morgan fingerprint density at radius 3 is 2.81 bits per heavy atom. The summed E-state index contributed by atoms with van der Waals surface area (Å²) < 4.78 is 0. The van der Waals surface area contributed by atoms with Crippen molar-refractivity contribution >= 4 is 23.2 Å². The summed E-state index contributed by atoms with van der Waals surface area (Å²) in [7, 11) is 1.98. The lowest BCUT2D eigenvalue weighted by molar-refractivity contribution is -0.117. The Morgan fingerprint density at radius 1 is 1.43 bits per heavy atom. The van der Waals surface area contributed by atoms with Gasteiger partial charge in [-0.3, -0.25) is 9.69 Å². The highest BCUT2D eigenvalue weighted by Gasteiger charge is 2.20. The lowest BCUT2D eigenvalue weighted by atomic mass is 9.94. The molecule has 1 amide bonds. The minimum atomic E-state index is -0.109. The molecule has 1 saturated carbocycles. The van der Waals surface area contributed by atoms with Crippen LogP contribution in [0.25, 0.3) is 0 Å². The molecular weight excluding hydrogens is 286 g/mol. The Bertz CT molecular complexity index is 547. The van der Waals surface area contributed by atoms with Crippen LogP contribution in [0.1, 0.15) is 37.7 Å². The van der Waals surface area contributed by atoms with Crippen molar-refractivity contribution in [3.8, 4) is 6.07 Å². The van der Waals surface area contributed by atoms with Gasteiger partial charge in [0, 0.05) is 11.1 Å². The van der Waals surface area contributed by atoms with Crippen LogP contribution in [0, 0.1) is 11.3 Å². The molecule has 0 heterocycles. The highest BCUT2D eigenvalue weighted by molar-refractivity contribution is 6.31. The molecule has 0 atom stereocenters. The van der Waals surface area contributed by atoms with E-state index in [-0.39, 0.29) is 5.91 Å². The first-order valence-corrected chi connectivity index (χ1v) is 7.67. The summed E-state index contributed by atoms with van der Waals surface area (Å²) in [5.74, 6) is -0.109. The monoisotopic (exact) mass is 305 g/mol. The molecule has 0 aliphatic heterocycles. The first kappa shape index (κ1) is 15.8. The number of hydrogen-bond donors (Lipinski definition) is 1. The van der Waals surface area contributed by atoms with Crippen molar-refractivity contribution in [2.24, 2.45) is 0 Å². The average molecular weight is 306 g/mol. The molecule has 0 saturated heterocycles. The van der Waals surface area contributed by atoms with Gasteiger partial charge in [-0.05, 0) is 38.1 Å². The molecule has 1 fully saturated rings. The van der Waals surface area contributed by atoms with E-state index in [0.29, 0.717) is 28.9 Å². The SMILES string of the molecule is CN(CC(=O)Nc1cc(Cl)ccc1C#N)C1CCCCC1. The van der Waals surface area contributed by atoms with E-state index in [9.17, 15) is 4.79 Å². The molecule has 0 aromatic heterocycles. The molecule has 1 aliphatic rings. The quantitative estimate of drug-likeness (QED) is 0.927. The molecule has 1 aliphatic carbocycles. The van der Waals surface area contributed by atoms with E-state index in [1.165, 1.54) is 19.3 Å². The Hall–Kier alpha value is -1.57. The number of carbonyl (C=O) groups excluding carboxylic acids is 1. The molecule has 1 N–H and O–H groups in total. The standard InChI is InChI=1S/C16H20ClN3O/c1-20(14-5-3-2-4-6-14)11-16(21)19-15-9-13(17)8-7-12(15)10-18/h7-9,14H,2-6,11H2,1H3,(H,19,21). The van der Waals surface area contributed by atoms with Crippen molar-refractivity contribution in [3.63, 3.8) is 0 Å². The lowest BCUT2D eigenvalue weighted by Gasteiger charge is -2.30. The third kappa shape index (κ3) is 4.45. The number of anilines is 1. The maximum absolute atomic E-state index is 12.1. The van der Waals surface area contributed by atoms with Gasteiger partial charge < -0.3 is 5.32 Å². The predicted molar refractivity (Wildman–Crippen MR) is 84.3 cm³/mol. The number of benzene rings is 1. The first-order valence-electron chi connectivity index (χ1n) is 7.30. The van der Waals surface area contributed by atoms with Crippen LogP contribution in [0.15, 0.2) is 18.2 Å². The van der Waals surface area contributed by atoms with Crippen LogP contribution in [0.5, 0.6) is 0 Å². The highest BCUT2D eigenvalue weighted by Crippen LogP contribution is 2.22. The van der Waals surface area contributed by atoms with Crippen LogP contribution in [-0.4, -0.2) is 30.4 Å². The minimum Gasteiger partial charge on any atom is -0.324 e. The molecule has 0 bridgehead atoms. The summed E-state index contributed by atoms with van der Waals surface area (Å²) in [5, 5.41) is 12.3. The fraction of sp³-hybridized carbons (Fsp3) is 0.500. The average Bonchev–Trinajstić information content (AvgIpc) is 2.48. The van der Waals surface area contributed by atoms with Gasteiger partial charge in [-0.2, -0.15) is 5.26 Å². The third-order valence-corrected chi connectivity index (χ3v) is 4.20. The van der Waals surface area contributed by atoms with Crippen LogP contribution >= 0.6 is 11.6 Å². The number of rotatable bonds is 4. The van der Waals surface area contributed by atoms with E-state index in [1.54, 1.807) is 18.2 Å². The maximum Gasteiger partial charge on any atom is 0.238 e. The number of nitrogens with zero attached hydrogens (tertiary/aromatic N) is 2. The van der Waals surface area contributed by atoms with Gasteiger partial charge in [-0.25, -0.2) is 0 Å². The van der Waals surface area contributed by atoms with Crippen LogP contribution in [0.4, 0.5) is 5.69 Å². The molecule has 21 heavy (non-hydrogen) atoms. The van der Waals surface area contributed by atoms with Gasteiger partial charge >= 0.3 is 0 Å². The Labute approximate surface area is 130 Å². The van der Waals surface area contributed by atoms with Crippen LogP contribution < -0.4 is 5.32 Å². The Morgan fingerprint density at radius 2 is 2.14 bits per heavy atom. The number of amides is 1. The third-order valence-electron chi connectivity index (χ3n) is 3.97. The van der Waals surface area contributed by atoms with Gasteiger partial charge in [-0.15, -0.1) is 0 Å². The van der Waals surface area contributed by atoms with E-state index in [2.05, 4.69) is 16.3 Å². The smallest absolute Gasteiger partial charge is 0.238 e. The summed E-state index contributed by atoms with van der Waals surface area (Å²) in [5.41, 5.74) is 0.903. The second-order valence-corrected chi connectivity index (χ2v) is 5.99. The van der Waals surface area contributed by atoms with Crippen molar-refractivity contribution < 1.29 is 4.79 Å². The highest BCUT2D eigenvalue weighted by atomic mass is 35.5. The zero-order valence-corrected chi connectivity index (χ0v) is 13.0. The van der Waals surface area contributed by atoms with Crippen molar-refractivity contribution in [2.45, 2.75) is 38.1 Å². The molecule has 112 valence electrons. The summed E-state index contributed by atoms with van der Waals surface area (Å²) >= 11 is 5.91. The summed E-state index contributed by atoms with van der Waals surface area (Å²) in [6.45, 7) is 0.335. The van der Waals surface area contributed by atoms with Crippen molar-refractivity contribution in [1.82, 2.24) is 4.90 Å². The van der Waals surface area contributed by atoms with Gasteiger partial charge in [0.15, 0.2) is 0 Å². The molecule has 1 aromatic carbocycles. The molecular formula is C16H20ClN3O. The zero-order valence-electron chi connectivity index (χ0n) is 12.2. The van der Waals surface area contributed by atoms with Gasteiger partial charge in [0.25, 0.3) is 0 Å². The van der Waals surface area contributed by atoms with E-state index in [4.69, 9.17) is 16.9 Å². The lowest BCUT2D eigenvalue weighted by Crippen LogP contribution is -2.39. The van der Waals surface area contributed by atoms with E-state index in [1.807, 2.05) is 7.05 Å². The fourth-order valence-corrected chi connectivity index (χ4v) is 2.96. The number of halogens is 1. The van der Waals surface area contributed by atoms with Gasteiger partial charge in [0.1, 0.15) is 6.07 Å². The summed E-state index contributed by atoms with van der Waals surface area (Å²) in [4.78, 5) is 14.2. The number of likely N-dealkylation sites (N-methyl/N-ethyl adjacent to an activating group) is 1. The molecule has 4 nitrogen and oxygen atoms in total. The van der Waals surface area contributed by atoms with Crippen LogP contribution in [0.3, 0.4) is 0 Å². The van der Waals surface area contributed by atoms with E-state index < -0.39 is 0 Å². The van der Waals surface area contributed by atoms with Gasteiger partial charge in [0.05, 0.1) is 17.8 Å². The van der Waals surface area contributed by atoms with Crippen LogP contribution in [0.2, 0.25) is 5.02 Å². The minimum absolute atomic E-state index is 0.109. The van der Waals surface area contributed by atoms with Gasteiger partial charge in [-0.1, -0.05) is 30.9 Å². The van der Waals surface area contributed by atoms with E-state index >= 15 is 0 Å². The van der Waals surface area contributed by atoms with Crippen molar-refractivity contribution in [2.75, 3.05) is 18.9 Å². The Balaban J connectivity index is 1.95. The first-order chi connectivity index (χ1) is 10.1. The second kappa shape index (κ2) is 7.44. The molecule has 2 rings (SSSR count). The molecule has 0 unspecified atom stereocenters. The number of hydrogen-bond acceptors (Lipinski definition) is 3. The van der Waals surface area contributed by atoms with Gasteiger partial charge in [0.2, 0.25) is 5.91 Å².